The summed E-state index contributed by atoms with van der Waals surface area (Å²) in [5.41, 5.74) is 1.59. The molecule has 0 radical (unpaired) electrons. The summed E-state index contributed by atoms with van der Waals surface area (Å²) in [5.74, 6) is -0.966. The third kappa shape index (κ3) is 2.90. The number of nitrogens with one attached hydrogen (secondary N) is 1. The van der Waals surface area contributed by atoms with Gasteiger partial charge in [0.05, 0.1) is 0 Å². The number of aromatic nitrogens is 4. The highest BCUT2D eigenvalue weighted by atomic mass is 16.4. The van der Waals surface area contributed by atoms with Crippen molar-refractivity contribution in [2.75, 3.05) is 0 Å². The van der Waals surface area contributed by atoms with Crippen LogP contribution >= 0.6 is 0 Å². The van der Waals surface area contributed by atoms with Crippen LogP contribution in [0.2, 0.25) is 0 Å². The maximum atomic E-state index is 12.2. The lowest BCUT2D eigenvalue weighted by Crippen LogP contribution is -2.41. The number of carboxylic acid groups (broad SMARTS) is 1. The minimum absolute atomic E-state index is 0.0664. The van der Waals surface area contributed by atoms with E-state index < -0.39 is 17.9 Å². The van der Waals surface area contributed by atoms with Crippen LogP contribution in [0.15, 0.2) is 6.07 Å². The van der Waals surface area contributed by atoms with Crippen molar-refractivity contribution < 1.29 is 14.7 Å². The van der Waals surface area contributed by atoms with Crippen LogP contribution in [-0.4, -0.2) is 42.6 Å². The summed E-state index contributed by atoms with van der Waals surface area (Å²) in [6.07, 6.45) is 2.49. The van der Waals surface area contributed by atoms with Crippen LogP contribution in [0.1, 0.15) is 41.3 Å². The predicted octanol–water partition coefficient (Wildman–Crippen LogP) is 0.724. The molecule has 0 bridgehead atoms. The lowest BCUT2D eigenvalue weighted by atomic mass is 10.1. The Morgan fingerprint density at radius 3 is 2.77 bits per heavy atom. The second-order valence-electron chi connectivity index (χ2n) is 5.73. The highest BCUT2D eigenvalue weighted by molar-refractivity contribution is 5.93. The molecule has 1 aliphatic carbocycles. The largest absolute Gasteiger partial charge is 0.480 e. The van der Waals surface area contributed by atoms with E-state index in [0.717, 1.165) is 24.2 Å². The fourth-order valence-electron chi connectivity index (χ4n) is 2.39. The quantitative estimate of drug-likeness (QED) is 0.842. The maximum Gasteiger partial charge on any atom is 0.326 e. The Balaban J connectivity index is 1.81. The fraction of sp³-hybridized carbons (Fsp3) is 0.500. The molecule has 1 atom stereocenters. The summed E-state index contributed by atoms with van der Waals surface area (Å²) >= 11 is 0. The molecule has 0 saturated heterocycles. The number of fused-ring (bicyclic) bond motifs is 1. The molecular weight excluding hydrogens is 286 g/mol. The van der Waals surface area contributed by atoms with Gasteiger partial charge < -0.3 is 10.4 Å². The van der Waals surface area contributed by atoms with Gasteiger partial charge in [-0.25, -0.2) is 14.3 Å². The summed E-state index contributed by atoms with van der Waals surface area (Å²) in [5, 5.41) is 15.8. The van der Waals surface area contributed by atoms with Gasteiger partial charge in [0.15, 0.2) is 0 Å². The van der Waals surface area contributed by atoms with Crippen molar-refractivity contribution in [3.63, 3.8) is 0 Å². The zero-order valence-electron chi connectivity index (χ0n) is 12.4. The van der Waals surface area contributed by atoms with Crippen LogP contribution in [0.3, 0.4) is 0 Å². The van der Waals surface area contributed by atoms with E-state index in [1.54, 1.807) is 0 Å². The van der Waals surface area contributed by atoms with Crippen LogP contribution in [0.5, 0.6) is 0 Å². The number of carbonyl (C=O) groups is 2. The summed E-state index contributed by atoms with van der Waals surface area (Å²) < 4.78 is 1.47. The molecule has 0 aliphatic heterocycles. The zero-order valence-corrected chi connectivity index (χ0v) is 12.4. The topological polar surface area (TPSA) is 109 Å². The molecule has 1 unspecified atom stereocenters. The normalized spacial score (nSPS) is 15.7. The second-order valence-corrected chi connectivity index (χ2v) is 5.73. The van der Waals surface area contributed by atoms with Gasteiger partial charge in [-0.2, -0.15) is 4.98 Å². The first-order valence-corrected chi connectivity index (χ1v) is 7.18. The van der Waals surface area contributed by atoms with Crippen molar-refractivity contribution in [3.8, 4) is 0 Å². The summed E-state index contributed by atoms with van der Waals surface area (Å²) in [6, 6.07) is 0.929. The molecule has 1 amide bonds. The number of amides is 1. The maximum absolute atomic E-state index is 12.2. The molecule has 0 aromatic carbocycles. The van der Waals surface area contributed by atoms with E-state index in [-0.39, 0.29) is 5.82 Å². The molecule has 1 fully saturated rings. The fourth-order valence-corrected chi connectivity index (χ4v) is 2.39. The number of aliphatic carboxylic acids is 1. The van der Waals surface area contributed by atoms with Gasteiger partial charge in [0, 0.05) is 11.4 Å². The minimum Gasteiger partial charge on any atom is -0.480 e. The molecule has 2 aromatic rings. The van der Waals surface area contributed by atoms with Crippen molar-refractivity contribution in [1.82, 2.24) is 24.9 Å². The van der Waals surface area contributed by atoms with Gasteiger partial charge in [-0.3, -0.25) is 4.79 Å². The van der Waals surface area contributed by atoms with E-state index in [1.165, 1.54) is 4.52 Å². The molecule has 8 nitrogen and oxygen atoms in total. The number of hydrogen-bond acceptors (Lipinski definition) is 5. The lowest BCUT2D eigenvalue weighted by molar-refractivity contribution is -0.139. The highest BCUT2D eigenvalue weighted by Crippen LogP contribution is 2.33. The molecule has 116 valence electrons. The number of hydrogen-bond donors (Lipinski definition) is 2. The summed E-state index contributed by atoms with van der Waals surface area (Å²) in [6.45, 7) is 3.67. The Hall–Kier alpha value is -2.51. The first kappa shape index (κ1) is 14.4. The van der Waals surface area contributed by atoms with E-state index in [2.05, 4.69) is 20.4 Å². The molecule has 1 aliphatic rings. The smallest absolute Gasteiger partial charge is 0.326 e. The van der Waals surface area contributed by atoms with Gasteiger partial charge >= 0.3 is 5.97 Å². The van der Waals surface area contributed by atoms with Gasteiger partial charge in [-0.05, 0) is 32.3 Å². The predicted molar refractivity (Wildman–Crippen MR) is 76.5 cm³/mol. The third-order valence-corrected chi connectivity index (χ3v) is 3.69. The van der Waals surface area contributed by atoms with Gasteiger partial charge in [-0.1, -0.05) is 12.8 Å². The molecular formula is C14H17N5O3. The number of aryl methyl sites for hydroxylation is 2. The van der Waals surface area contributed by atoms with Crippen LogP contribution in [-0.2, 0) is 4.79 Å². The van der Waals surface area contributed by atoms with E-state index in [0.29, 0.717) is 18.1 Å². The molecule has 3 rings (SSSR count). The monoisotopic (exact) mass is 303 g/mol. The van der Waals surface area contributed by atoms with Crippen molar-refractivity contribution >= 4 is 17.7 Å². The van der Waals surface area contributed by atoms with Crippen molar-refractivity contribution in [3.05, 3.63) is 23.3 Å². The highest BCUT2D eigenvalue weighted by Gasteiger charge is 2.31. The summed E-state index contributed by atoms with van der Waals surface area (Å²) in [7, 11) is 0. The SMILES string of the molecule is Cc1cc(C)n2nc(C(=O)NC(CC3CC3)C(=O)O)nc2n1. The zero-order chi connectivity index (χ0) is 15.9. The molecule has 2 aromatic heterocycles. The average Bonchev–Trinajstić information content (AvgIpc) is 3.14. The second kappa shape index (κ2) is 5.36. The van der Waals surface area contributed by atoms with Crippen molar-refractivity contribution in [1.29, 1.82) is 0 Å². The standard InChI is InChI=1S/C14H17N5O3/c1-7-5-8(2)19-14(15-7)17-11(18-19)12(20)16-10(13(21)22)6-9-3-4-9/h5,9-10H,3-4,6H2,1-2H3,(H,16,20)(H,21,22). The summed E-state index contributed by atoms with van der Waals surface area (Å²) in [4.78, 5) is 31.7. The number of carboxylic acids is 1. The van der Waals surface area contributed by atoms with Crippen LogP contribution in [0.4, 0.5) is 0 Å². The van der Waals surface area contributed by atoms with E-state index in [4.69, 9.17) is 0 Å². The van der Waals surface area contributed by atoms with Crippen molar-refractivity contribution in [2.45, 2.75) is 39.2 Å². The Kier molecular flexibility index (Phi) is 3.51. The Bertz CT molecular complexity index is 750. The molecule has 2 N–H and O–H groups in total. The van der Waals surface area contributed by atoms with E-state index >= 15 is 0 Å². The van der Waals surface area contributed by atoms with Crippen LogP contribution < -0.4 is 5.32 Å². The first-order valence-electron chi connectivity index (χ1n) is 7.18. The molecule has 2 heterocycles. The van der Waals surface area contributed by atoms with E-state index in [1.807, 2.05) is 19.9 Å². The minimum atomic E-state index is -1.03. The van der Waals surface area contributed by atoms with Crippen LogP contribution in [0, 0.1) is 19.8 Å². The molecule has 8 heteroatoms. The molecule has 0 spiro atoms. The lowest BCUT2D eigenvalue weighted by Gasteiger charge is -2.12. The number of rotatable bonds is 5. The third-order valence-electron chi connectivity index (χ3n) is 3.69. The Morgan fingerprint density at radius 2 is 2.14 bits per heavy atom. The first-order chi connectivity index (χ1) is 10.4. The number of nitrogens with zero attached hydrogens (tertiary/aromatic N) is 4. The Labute approximate surface area is 126 Å². The number of carbonyl (C=O) groups excluding carboxylic acids is 1. The average molecular weight is 303 g/mol. The Morgan fingerprint density at radius 1 is 1.41 bits per heavy atom. The van der Waals surface area contributed by atoms with Gasteiger partial charge in [0.2, 0.25) is 5.82 Å². The van der Waals surface area contributed by atoms with Gasteiger partial charge in [0.25, 0.3) is 11.7 Å². The van der Waals surface area contributed by atoms with Crippen LogP contribution in [0.25, 0.3) is 5.78 Å². The van der Waals surface area contributed by atoms with Crippen molar-refractivity contribution in [2.24, 2.45) is 5.92 Å². The molecule has 22 heavy (non-hydrogen) atoms. The van der Waals surface area contributed by atoms with E-state index in [9.17, 15) is 14.7 Å². The van der Waals surface area contributed by atoms with Gasteiger partial charge in [0.1, 0.15) is 6.04 Å². The molecule has 1 saturated carbocycles. The van der Waals surface area contributed by atoms with Gasteiger partial charge in [-0.15, -0.1) is 5.10 Å².